The molecule has 0 aromatic heterocycles. The molecule has 0 spiro atoms. The van der Waals surface area contributed by atoms with E-state index in [0.717, 1.165) is 0 Å². The van der Waals surface area contributed by atoms with E-state index in [4.69, 9.17) is 19.2 Å². The minimum atomic E-state index is -4.64. The van der Waals surface area contributed by atoms with Gasteiger partial charge in [-0.1, -0.05) is 175 Å². The summed E-state index contributed by atoms with van der Waals surface area (Å²) in [6.07, 6.45) is 39.1. The van der Waals surface area contributed by atoms with Crippen LogP contribution in [-0.4, -0.2) is 39.2 Å². The molecule has 0 aliphatic carbocycles. The smallest absolute Gasteiger partial charge is 0.303 e. The van der Waals surface area contributed by atoms with Crippen molar-refractivity contribution in [3.05, 3.63) is 0 Å². The molecule has 0 atom stereocenters. The highest BCUT2D eigenvalue weighted by molar-refractivity contribution is 7.45. The third-order valence-electron chi connectivity index (χ3n) is 7.73. The van der Waals surface area contributed by atoms with Crippen molar-refractivity contribution in [3.8, 4) is 0 Å². The van der Waals surface area contributed by atoms with E-state index in [0.29, 0.717) is 0 Å². The molecule has 0 unspecified atom stereocenters. The second-order valence-corrected chi connectivity index (χ2v) is 12.9. The highest BCUT2D eigenvalue weighted by atomic mass is 31.2. The van der Waals surface area contributed by atoms with Crippen LogP contribution in [0.4, 0.5) is 0 Å². The van der Waals surface area contributed by atoms with Gasteiger partial charge in [-0.25, -0.2) is 4.57 Å². The number of unbranched alkanes of at least 4 members (excludes halogenated alkanes) is 24. The first-order valence-electron chi connectivity index (χ1n) is 17.4. The summed E-state index contributed by atoms with van der Waals surface area (Å²) in [7, 11) is -4.64. The van der Waals surface area contributed by atoms with Crippen LogP contribution in [0.3, 0.4) is 0 Å². The third-order valence-corrected chi connectivity index (χ3v) is 7.73. The lowest BCUT2D eigenvalue weighted by Gasteiger charge is -2.22. The van der Waals surface area contributed by atoms with Gasteiger partial charge in [-0.15, -0.1) is 0 Å². The van der Waals surface area contributed by atoms with Crippen LogP contribution in [-0.2, 0) is 4.57 Å². The molecule has 0 saturated carbocycles. The van der Waals surface area contributed by atoms with E-state index in [1.807, 2.05) is 0 Å². The Bertz CT molecular complexity index is 462. The van der Waals surface area contributed by atoms with Crippen LogP contribution in [0, 0.1) is 0 Å². The standard InChI is InChI=1S/C33H69N.H3O4P/c1-4-7-10-13-16-17-18-19-20-21-22-23-24-27-30-33-34(31-28-25-14-11-8-5-2)32-29-26-15-12-9-6-3;1-5(2,3)4/h4-33H2,1-3H3;(H3,1,2,3,4). The van der Waals surface area contributed by atoms with Gasteiger partial charge in [0, 0.05) is 0 Å². The Morgan fingerprint density at radius 1 is 0.359 bits per heavy atom. The van der Waals surface area contributed by atoms with E-state index in [1.54, 1.807) is 0 Å². The van der Waals surface area contributed by atoms with E-state index in [-0.39, 0.29) is 0 Å². The lowest BCUT2D eigenvalue weighted by Crippen LogP contribution is -2.27. The maximum absolute atomic E-state index is 8.88. The fraction of sp³-hybridized carbons (Fsp3) is 1.00. The summed E-state index contributed by atoms with van der Waals surface area (Å²) in [5.41, 5.74) is 0. The van der Waals surface area contributed by atoms with Gasteiger partial charge < -0.3 is 19.6 Å². The van der Waals surface area contributed by atoms with Crippen LogP contribution in [0.25, 0.3) is 0 Å². The Balaban J connectivity index is 0. The Hall–Kier alpha value is 0.0700. The van der Waals surface area contributed by atoms with E-state index in [2.05, 4.69) is 25.7 Å². The Morgan fingerprint density at radius 3 is 0.692 bits per heavy atom. The fourth-order valence-electron chi connectivity index (χ4n) is 5.27. The zero-order valence-electron chi connectivity index (χ0n) is 26.9. The van der Waals surface area contributed by atoms with E-state index in [9.17, 15) is 0 Å². The minimum absolute atomic E-state index is 1.36. The molecule has 0 rings (SSSR count). The Kier molecular flexibility index (Phi) is 36.2. The predicted molar refractivity (Wildman–Crippen MR) is 172 cm³/mol. The summed E-state index contributed by atoms with van der Waals surface area (Å²) in [5, 5.41) is 0. The molecule has 0 aromatic carbocycles. The number of rotatable bonds is 30. The zero-order chi connectivity index (χ0) is 29.3. The SMILES string of the molecule is CCCCCCCCCCCCCCCCCN(CCCCCCCC)CCCCCCCC.O=P(O)(O)O. The Morgan fingerprint density at radius 2 is 0.513 bits per heavy atom. The molecule has 0 heterocycles. The van der Waals surface area contributed by atoms with Crippen LogP contribution < -0.4 is 0 Å². The molecule has 39 heavy (non-hydrogen) atoms. The van der Waals surface area contributed by atoms with Gasteiger partial charge in [-0.05, 0) is 38.9 Å². The topological polar surface area (TPSA) is 81.0 Å². The van der Waals surface area contributed by atoms with Crippen molar-refractivity contribution in [2.45, 2.75) is 194 Å². The quantitative estimate of drug-likeness (QED) is 0.0584. The van der Waals surface area contributed by atoms with Gasteiger partial charge in [0.25, 0.3) is 0 Å². The molecular weight excluding hydrogens is 505 g/mol. The predicted octanol–water partition coefficient (Wildman–Crippen LogP) is 11.0. The lowest BCUT2D eigenvalue weighted by atomic mass is 10.0. The molecule has 0 aliphatic rings. The highest BCUT2D eigenvalue weighted by Crippen LogP contribution is 2.25. The summed E-state index contributed by atoms with van der Waals surface area (Å²) >= 11 is 0. The van der Waals surface area contributed by atoms with Gasteiger partial charge in [0.15, 0.2) is 0 Å². The van der Waals surface area contributed by atoms with E-state index < -0.39 is 7.82 Å². The molecule has 0 bridgehead atoms. The number of hydrogen-bond acceptors (Lipinski definition) is 2. The summed E-state index contributed by atoms with van der Waals surface area (Å²) in [5.74, 6) is 0. The highest BCUT2D eigenvalue weighted by Gasteiger charge is 2.05. The number of nitrogens with zero attached hydrogens (tertiary/aromatic N) is 1. The Labute approximate surface area is 245 Å². The average Bonchev–Trinajstić information content (AvgIpc) is 2.88. The van der Waals surface area contributed by atoms with Crippen molar-refractivity contribution in [3.63, 3.8) is 0 Å². The largest absolute Gasteiger partial charge is 0.466 e. The van der Waals surface area contributed by atoms with Crippen LogP contribution in [0.5, 0.6) is 0 Å². The van der Waals surface area contributed by atoms with Crippen LogP contribution in [0.15, 0.2) is 0 Å². The summed E-state index contributed by atoms with van der Waals surface area (Å²) in [6, 6.07) is 0. The van der Waals surface area contributed by atoms with E-state index in [1.165, 1.54) is 193 Å². The first kappa shape index (κ1) is 41.2. The molecule has 0 aromatic rings. The second kappa shape index (κ2) is 34.3. The molecular formula is C33H72NO4P. The van der Waals surface area contributed by atoms with Crippen LogP contribution >= 0.6 is 7.82 Å². The maximum Gasteiger partial charge on any atom is 0.466 e. The lowest BCUT2D eigenvalue weighted by molar-refractivity contribution is 0.254. The zero-order valence-corrected chi connectivity index (χ0v) is 27.8. The normalized spacial score (nSPS) is 11.7. The van der Waals surface area contributed by atoms with Crippen molar-refractivity contribution < 1.29 is 19.2 Å². The maximum atomic E-state index is 8.88. The average molecular weight is 578 g/mol. The van der Waals surface area contributed by atoms with Gasteiger partial charge >= 0.3 is 7.82 Å². The molecule has 0 radical (unpaired) electrons. The molecule has 0 aliphatic heterocycles. The van der Waals surface area contributed by atoms with Crippen molar-refractivity contribution in [1.29, 1.82) is 0 Å². The van der Waals surface area contributed by atoms with Crippen LogP contribution in [0.2, 0.25) is 0 Å². The first-order valence-corrected chi connectivity index (χ1v) is 18.9. The van der Waals surface area contributed by atoms with Crippen molar-refractivity contribution in [2.75, 3.05) is 19.6 Å². The number of phosphoric acid groups is 1. The molecule has 238 valence electrons. The molecule has 5 nitrogen and oxygen atoms in total. The molecule has 6 heteroatoms. The van der Waals surface area contributed by atoms with Crippen molar-refractivity contribution >= 4 is 7.82 Å². The second-order valence-electron chi connectivity index (χ2n) is 11.8. The summed E-state index contributed by atoms with van der Waals surface area (Å²) in [6.45, 7) is 11.0. The molecule has 0 fully saturated rings. The van der Waals surface area contributed by atoms with Gasteiger partial charge in [0.2, 0.25) is 0 Å². The third kappa shape index (κ3) is 45.3. The van der Waals surface area contributed by atoms with Gasteiger partial charge in [-0.2, -0.15) is 0 Å². The molecule has 0 saturated heterocycles. The van der Waals surface area contributed by atoms with E-state index >= 15 is 0 Å². The van der Waals surface area contributed by atoms with Gasteiger partial charge in [0.05, 0.1) is 0 Å². The first-order chi connectivity index (χ1) is 18.8. The van der Waals surface area contributed by atoms with Gasteiger partial charge in [0.1, 0.15) is 0 Å². The molecule has 3 N–H and O–H groups in total. The number of hydrogen-bond donors (Lipinski definition) is 3. The minimum Gasteiger partial charge on any atom is -0.303 e. The monoisotopic (exact) mass is 578 g/mol. The molecule has 0 amide bonds. The summed E-state index contributed by atoms with van der Waals surface area (Å²) < 4.78 is 8.88. The van der Waals surface area contributed by atoms with Crippen LogP contribution in [0.1, 0.15) is 194 Å². The summed E-state index contributed by atoms with van der Waals surface area (Å²) in [4.78, 5) is 24.4. The fourth-order valence-corrected chi connectivity index (χ4v) is 5.27. The van der Waals surface area contributed by atoms with Crippen molar-refractivity contribution in [2.24, 2.45) is 0 Å². The van der Waals surface area contributed by atoms with Crippen molar-refractivity contribution in [1.82, 2.24) is 4.90 Å². The van der Waals surface area contributed by atoms with Gasteiger partial charge in [-0.3, -0.25) is 0 Å².